The zero-order valence-corrected chi connectivity index (χ0v) is 10.0. The number of nitrogens with one attached hydrogen (secondary N) is 1. The van der Waals surface area contributed by atoms with Crippen LogP contribution in [0.1, 0.15) is 0 Å². The summed E-state index contributed by atoms with van der Waals surface area (Å²) in [6.45, 7) is -0.0485. The molecular weight excluding hydrogens is 246 g/mol. The van der Waals surface area contributed by atoms with Gasteiger partial charge >= 0.3 is 6.03 Å². The van der Waals surface area contributed by atoms with E-state index in [2.05, 4.69) is 4.98 Å². The SMILES string of the molecule is NC(=O)NC(=O)Cn1ccnc1-c1cccc(N)c1. The molecular formula is C12H13N5O2. The molecule has 5 N–H and O–H groups in total. The topological polar surface area (TPSA) is 116 Å². The molecule has 0 aliphatic rings. The molecule has 7 heteroatoms. The first kappa shape index (κ1) is 12.6. The molecule has 0 fully saturated rings. The molecule has 1 aromatic carbocycles. The Balaban J connectivity index is 2.23. The summed E-state index contributed by atoms with van der Waals surface area (Å²) in [4.78, 5) is 26.2. The molecule has 0 saturated heterocycles. The number of anilines is 1. The lowest BCUT2D eigenvalue weighted by Gasteiger charge is -2.07. The molecule has 0 aliphatic carbocycles. The number of amides is 3. The van der Waals surface area contributed by atoms with Gasteiger partial charge in [0, 0.05) is 23.6 Å². The number of primary amides is 1. The van der Waals surface area contributed by atoms with E-state index in [4.69, 9.17) is 11.5 Å². The molecule has 2 aromatic rings. The number of urea groups is 1. The number of aromatic nitrogens is 2. The number of benzene rings is 1. The summed E-state index contributed by atoms with van der Waals surface area (Å²) in [5.74, 6) is 0.0857. The van der Waals surface area contributed by atoms with Crippen LogP contribution in [0, 0.1) is 0 Å². The van der Waals surface area contributed by atoms with Crippen molar-refractivity contribution >= 4 is 17.6 Å². The van der Waals surface area contributed by atoms with Gasteiger partial charge in [0.05, 0.1) is 0 Å². The van der Waals surface area contributed by atoms with Crippen molar-refractivity contribution in [3.05, 3.63) is 36.7 Å². The molecule has 0 saturated carbocycles. The van der Waals surface area contributed by atoms with Crippen LogP contribution in [0.25, 0.3) is 11.4 Å². The van der Waals surface area contributed by atoms with Gasteiger partial charge in [0.1, 0.15) is 12.4 Å². The average Bonchev–Trinajstić information content (AvgIpc) is 2.75. The summed E-state index contributed by atoms with van der Waals surface area (Å²) in [5, 5.41) is 2.00. The first-order chi connectivity index (χ1) is 9.06. The maximum Gasteiger partial charge on any atom is 0.318 e. The van der Waals surface area contributed by atoms with Crippen molar-refractivity contribution < 1.29 is 9.59 Å². The molecule has 7 nitrogen and oxygen atoms in total. The zero-order chi connectivity index (χ0) is 13.8. The first-order valence-corrected chi connectivity index (χ1v) is 5.52. The quantitative estimate of drug-likeness (QED) is 0.688. The second-order valence-corrected chi connectivity index (χ2v) is 3.92. The lowest BCUT2D eigenvalue weighted by Crippen LogP contribution is -2.37. The van der Waals surface area contributed by atoms with E-state index < -0.39 is 11.9 Å². The number of hydrogen-bond donors (Lipinski definition) is 3. The van der Waals surface area contributed by atoms with Crippen LogP contribution in [0.5, 0.6) is 0 Å². The zero-order valence-electron chi connectivity index (χ0n) is 10.0. The number of hydrogen-bond acceptors (Lipinski definition) is 4. The van der Waals surface area contributed by atoms with E-state index in [1.807, 2.05) is 11.4 Å². The molecule has 0 radical (unpaired) electrons. The molecule has 98 valence electrons. The molecule has 2 rings (SSSR count). The lowest BCUT2D eigenvalue weighted by molar-refractivity contribution is -0.120. The van der Waals surface area contributed by atoms with Crippen molar-refractivity contribution in [2.24, 2.45) is 5.73 Å². The minimum atomic E-state index is -0.879. The summed E-state index contributed by atoms with van der Waals surface area (Å²) in [6, 6.07) is 6.27. The highest BCUT2D eigenvalue weighted by Crippen LogP contribution is 2.19. The fourth-order valence-corrected chi connectivity index (χ4v) is 1.71. The van der Waals surface area contributed by atoms with Gasteiger partial charge in [-0.3, -0.25) is 10.1 Å². The van der Waals surface area contributed by atoms with E-state index in [1.54, 1.807) is 35.2 Å². The Bertz CT molecular complexity index is 620. The molecule has 0 bridgehead atoms. The highest BCUT2D eigenvalue weighted by Gasteiger charge is 2.10. The third-order valence-corrected chi connectivity index (χ3v) is 2.44. The maximum atomic E-state index is 11.5. The predicted molar refractivity (Wildman–Crippen MR) is 69.8 cm³/mol. The number of imide groups is 1. The van der Waals surface area contributed by atoms with Gasteiger partial charge in [-0.2, -0.15) is 0 Å². The fourth-order valence-electron chi connectivity index (χ4n) is 1.71. The second-order valence-electron chi connectivity index (χ2n) is 3.92. The van der Waals surface area contributed by atoms with Crippen molar-refractivity contribution in [2.45, 2.75) is 6.54 Å². The highest BCUT2D eigenvalue weighted by molar-refractivity contribution is 5.93. The van der Waals surface area contributed by atoms with Gasteiger partial charge in [0.15, 0.2) is 0 Å². The summed E-state index contributed by atoms with van der Waals surface area (Å²) < 4.78 is 1.60. The van der Waals surface area contributed by atoms with Crippen molar-refractivity contribution in [3.63, 3.8) is 0 Å². The standard InChI is InChI=1S/C12H13N5O2/c13-9-3-1-2-8(6-9)11-15-4-5-17(11)7-10(18)16-12(14)19/h1-6H,7,13H2,(H3,14,16,18,19). The maximum absolute atomic E-state index is 11.5. The van der Waals surface area contributed by atoms with Gasteiger partial charge in [0.25, 0.3) is 0 Å². The number of carbonyl (C=O) groups is 2. The van der Waals surface area contributed by atoms with Crippen LogP contribution in [-0.2, 0) is 11.3 Å². The fraction of sp³-hybridized carbons (Fsp3) is 0.0833. The smallest absolute Gasteiger partial charge is 0.318 e. The third kappa shape index (κ3) is 3.09. The van der Waals surface area contributed by atoms with Crippen molar-refractivity contribution in [1.82, 2.24) is 14.9 Å². The van der Waals surface area contributed by atoms with Crippen molar-refractivity contribution in [2.75, 3.05) is 5.73 Å². The van der Waals surface area contributed by atoms with E-state index in [9.17, 15) is 9.59 Å². The Kier molecular flexibility index (Phi) is 3.46. The normalized spacial score (nSPS) is 10.1. The summed E-state index contributed by atoms with van der Waals surface area (Å²) in [7, 11) is 0. The van der Waals surface area contributed by atoms with Crippen LogP contribution < -0.4 is 16.8 Å². The molecule has 0 atom stereocenters. The van der Waals surface area contributed by atoms with Crippen LogP contribution in [-0.4, -0.2) is 21.5 Å². The van der Waals surface area contributed by atoms with Crippen LogP contribution in [0.2, 0.25) is 0 Å². The predicted octanol–water partition coefficient (Wildman–Crippen LogP) is 0.327. The first-order valence-electron chi connectivity index (χ1n) is 5.52. The van der Waals surface area contributed by atoms with E-state index in [1.165, 1.54) is 0 Å². The number of carbonyl (C=O) groups excluding carboxylic acids is 2. The Morgan fingerprint density at radius 3 is 2.84 bits per heavy atom. The Morgan fingerprint density at radius 2 is 2.16 bits per heavy atom. The Hall–Kier alpha value is -2.83. The van der Waals surface area contributed by atoms with Crippen molar-refractivity contribution in [1.29, 1.82) is 0 Å². The van der Waals surface area contributed by atoms with E-state index >= 15 is 0 Å². The molecule has 1 aromatic heterocycles. The summed E-state index contributed by atoms with van der Waals surface area (Å²) >= 11 is 0. The minimum absolute atomic E-state index is 0.0485. The van der Waals surface area contributed by atoms with Crippen LogP contribution >= 0.6 is 0 Å². The molecule has 3 amide bonds. The number of rotatable bonds is 3. The average molecular weight is 259 g/mol. The van der Waals surface area contributed by atoms with Gasteiger partial charge in [0.2, 0.25) is 5.91 Å². The molecule has 1 heterocycles. The van der Waals surface area contributed by atoms with Gasteiger partial charge in [-0.05, 0) is 12.1 Å². The largest absolute Gasteiger partial charge is 0.399 e. The number of nitrogens with two attached hydrogens (primary N) is 2. The Morgan fingerprint density at radius 1 is 1.37 bits per heavy atom. The molecule has 0 unspecified atom stereocenters. The molecule has 0 aliphatic heterocycles. The molecule has 19 heavy (non-hydrogen) atoms. The second kappa shape index (κ2) is 5.21. The number of nitrogen functional groups attached to an aromatic ring is 1. The Labute approximate surface area is 109 Å². The van der Waals surface area contributed by atoms with Gasteiger partial charge < -0.3 is 16.0 Å². The van der Waals surface area contributed by atoms with Crippen LogP contribution in [0.3, 0.4) is 0 Å². The van der Waals surface area contributed by atoms with Crippen LogP contribution in [0.15, 0.2) is 36.7 Å². The van der Waals surface area contributed by atoms with Gasteiger partial charge in [-0.1, -0.05) is 12.1 Å². The summed E-state index contributed by atoms with van der Waals surface area (Å²) in [5.41, 5.74) is 12.0. The van der Waals surface area contributed by atoms with E-state index in [0.29, 0.717) is 11.5 Å². The minimum Gasteiger partial charge on any atom is -0.399 e. The lowest BCUT2D eigenvalue weighted by atomic mass is 10.2. The summed E-state index contributed by atoms with van der Waals surface area (Å²) in [6.07, 6.45) is 3.20. The monoisotopic (exact) mass is 259 g/mol. The number of imidazole rings is 1. The highest BCUT2D eigenvalue weighted by atomic mass is 16.2. The third-order valence-electron chi connectivity index (χ3n) is 2.44. The van der Waals surface area contributed by atoms with Crippen LogP contribution in [0.4, 0.5) is 10.5 Å². The van der Waals surface area contributed by atoms with Gasteiger partial charge in [-0.15, -0.1) is 0 Å². The van der Waals surface area contributed by atoms with Gasteiger partial charge in [-0.25, -0.2) is 9.78 Å². The van der Waals surface area contributed by atoms with Crippen molar-refractivity contribution in [3.8, 4) is 11.4 Å². The van der Waals surface area contributed by atoms with E-state index in [0.717, 1.165) is 5.56 Å². The van der Waals surface area contributed by atoms with E-state index in [-0.39, 0.29) is 6.54 Å². The molecule has 0 spiro atoms. The number of nitrogens with zero attached hydrogens (tertiary/aromatic N) is 2.